The quantitative estimate of drug-likeness (QED) is 0.710. The number of rotatable bonds is 3. The fourth-order valence-corrected chi connectivity index (χ4v) is 2.71. The molecule has 0 bridgehead atoms. The molecule has 0 unspecified atom stereocenters. The van der Waals surface area contributed by atoms with Gasteiger partial charge in [0.05, 0.1) is 7.11 Å². The van der Waals surface area contributed by atoms with Crippen molar-refractivity contribution in [2.45, 2.75) is 31.6 Å². The van der Waals surface area contributed by atoms with Crippen LogP contribution in [0, 0.1) is 0 Å². The molecule has 1 aliphatic rings. The van der Waals surface area contributed by atoms with E-state index in [2.05, 4.69) is 32.2 Å². The van der Waals surface area contributed by atoms with Crippen molar-refractivity contribution < 1.29 is 4.74 Å². The van der Waals surface area contributed by atoms with Crippen molar-refractivity contribution in [2.24, 2.45) is 0 Å². The van der Waals surface area contributed by atoms with Gasteiger partial charge in [-0.15, -0.1) is 6.58 Å². The first kappa shape index (κ1) is 12.0. The number of hydrogen-bond donors (Lipinski definition) is 0. The zero-order chi connectivity index (χ0) is 12.5. The van der Waals surface area contributed by atoms with Gasteiger partial charge in [-0.2, -0.15) is 0 Å². The minimum Gasteiger partial charge on any atom is -0.497 e. The molecule has 0 aliphatic heterocycles. The Balaban J connectivity index is 2.56. The SMILES string of the molecule is C=CC[C@]1(C)C(=C)CCc2ccc(OC)cc21. The molecule has 90 valence electrons. The van der Waals surface area contributed by atoms with E-state index in [0.717, 1.165) is 25.0 Å². The lowest BCUT2D eigenvalue weighted by Crippen LogP contribution is -2.29. The summed E-state index contributed by atoms with van der Waals surface area (Å²) in [4.78, 5) is 0. The highest BCUT2D eigenvalue weighted by Crippen LogP contribution is 2.44. The van der Waals surface area contributed by atoms with Gasteiger partial charge in [0.25, 0.3) is 0 Å². The second-order valence-corrected chi connectivity index (χ2v) is 4.95. The molecule has 0 radical (unpaired) electrons. The zero-order valence-electron chi connectivity index (χ0n) is 10.8. The number of aryl methyl sites for hydroxylation is 1. The van der Waals surface area contributed by atoms with E-state index in [1.807, 2.05) is 12.1 Å². The Morgan fingerprint density at radius 2 is 2.18 bits per heavy atom. The number of methoxy groups -OCH3 is 1. The Bertz CT molecular complexity index is 459. The number of benzene rings is 1. The Morgan fingerprint density at radius 3 is 2.82 bits per heavy atom. The average molecular weight is 228 g/mol. The molecule has 2 rings (SSSR count). The van der Waals surface area contributed by atoms with Gasteiger partial charge in [-0.1, -0.05) is 31.2 Å². The minimum atomic E-state index is 0.0177. The smallest absolute Gasteiger partial charge is 0.119 e. The summed E-state index contributed by atoms with van der Waals surface area (Å²) < 4.78 is 5.33. The third kappa shape index (κ3) is 1.90. The van der Waals surface area contributed by atoms with Crippen LogP contribution in [0.5, 0.6) is 5.75 Å². The molecule has 1 heteroatoms. The van der Waals surface area contributed by atoms with Crippen molar-refractivity contribution in [2.75, 3.05) is 7.11 Å². The van der Waals surface area contributed by atoms with Crippen LogP contribution in [-0.2, 0) is 11.8 Å². The van der Waals surface area contributed by atoms with Crippen molar-refractivity contribution in [3.05, 3.63) is 54.1 Å². The number of fused-ring (bicyclic) bond motifs is 1. The summed E-state index contributed by atoms with van der Waals surface area (Å²) in [6.45, 7) is 10.4. The summed E-state index contributed by atoms with van der Waals surface area (Å²) in [7, 11) is 1.71. The van der Waals surface area contributed by atoms with E-state index in [0.29, 0.717) is 0 Å². The van der Waals surface area contributed by atoms with Gasteiger partial charge in [-0.25, -0.2) is 0 Å². The summed E-state index contributed by atoms with van der Waals surface area (Å²) in [5.74, 6) is 0.925. The van der Waals surface area contributed by atoms with Gasteiger partial charge in [0, 0.05) is 5.41 Å². The molecule has 0 aromatic heterocycles. The summed E-state index contributed by atoms with van der Waals surface area (Å²) in [6.07, 6.45) is 5.08. The van der Waals surface area contributed by atoms with Crippen LogP contribution in [0.15, 0.2) is 43.0 Å². The second kappa shape index (κ2) is 4.40. The Hall–Kier alpha value is -1.50. The van der Waals surface area contributed by atoms with Crippen LogP contribution >= 0.6 is 0 Å². The predicted octanol–water partition coefficient (Wildman–Crippen LogP) is 4.03. The summed E-state index contributed by atoms with van der Waals surface area (Å²) in [5, 5.41) is 0. The predicted molar refractivity (Wildman–Crippen MR) is 72.6 cm³/mol. The van der Waals surface area contributed by atoms with Gasteiger partial charge >= 0.3 is 0 Å². The highest BCUT2D eigenvalue weighted by Gasteiger charge is 2.34. The van der Waals surface area contributed by atoms with E-state index in [-0.39, 0.29) is 5.41 Å². The molecule has 0 N–H and O–H groups in total. The Labute approximate surface area is 104 Å². The van der Waals surface area contributed by atoms with Crippen LogP contribution in [-0.4, -0.2) is 7.11 Å². The van der Waals surface area contributed by atoms with Crippen LogP contribution in [0.2, 0.25) is 0 Å². The normalized spacial score (nSPS) is 23.1. The highest BCUT2D eigenvalue weighted by atomic mass is 16.5. The summed E-state index contributed by atoms with van der Waals surface area (Å²) in [6, 6.07) is 6.38. The molecule has 1 aromatic rings. The lowest BCUT2D eigenvalue weighted by Gasteiger charge is -2.37. The van der Waals surface area contributed by atoms with Crippen molar-refractivity contribution >= 4 is 0 Å². The standard InChI is InChI=1S/C16H20O/c1-5-10-16(3)12(2)6-7-13-8-9-14(17-4)11-15(13)16/h5,8-9,11H,1-2,6-7,10H2,3-4H3/t16-/m1/s1. The van der Waals surface area contributed by atoms with Crippen molar-refractivity contribution in [3.8, 4) is 5.75 Å². The van der Waals surface area contributed by atoms with Crippen LogP contribution in [0.4, 0.5) is 0 Å². The Morgan fingerprint density at radius 1 is 1.41 bits per heavy atom. The lowest BCUT2D eigenvalue weighted by atomic mass is 9.66. The van der Waals surface area contributed by atoms with Gasteiger partial charge in [-0.05, 0) is 42.5 Å². The monoisotopic (exact) mass is 228 g/mol. The second-order valence-electron chi connectivity index (χ2n) is 4.95. The molecule has 1 atom stereocenters. The van der Waals surface area contributed by atoms with Crippen LogP contribution in [0.1, 0.15) is 30.9 Å². The Kier molecular flexibility index (Phi) is 3.10. The number of ether oxygens (including phenoxy) is 1. The van der Waals surface area contributed by atoms with E-state index in [1.54, 1.807) is 7.11 Å². The van der Waals surface area contributed by atoms with E-state index in [9.17, 15) is 0 Å². The number of allylic oxidation sites excluding steroid dienone is 2. The van der Waals surface area contributed by atoms with Crippen LogP contribution < -0.4 is 4.74 Å². The van der Waals surface area contributed by atoms with Gasteiger partial charge in [0.1, 0.15) is 5.75 Å². The fourth-order valence-electron chi connectivity index (χ4n) is 2.71. The van der Waals surface area contributed by atoms with E-state index < -0.39 is 0 Å². The molecule has 1 aliphatic carbocycles. The molecule has 0 heterocycles. The summed E-state index contributed by atoms with van der Waals surface area (Å²) >= 11 is 0. The fraction of sp³-hybridized carbons (Fsp3) is 0.375. The van der Waals surface area contributed by atoms with Gasteiger partial charge in [-0.3, -0.25) is 0 Å². The van der Waals surface area contributed by atoms with Crippen LogP contribution in [0.25, 0.3) is 0 Å². The molecule has 0 spiro atoms. The van der Waals surface area contributed by atoms with Gasteiger partial charge in [0.2, 0.25) is 0 Å². The van der Waals surface area contributed by atoms with Crippen molar-refractivity contribution in [1.82, 2.24) is 0 Å². The zero-order valence-corrected chi connectivity index (χ0v) is 10.8. The van der Waals surface area contributed by atoms with E-state index in [1.165, 1.54) is 16.7 Å². The molecule has 1 aromatic carbocycles. The molecular formula is C16H20O. The largest absolute Gasteiger partial charge is 0.497 e. The summed E-state index contributed by atoms with van der Waals surface area (Å²) in [5.41, 5.74) is 4.10. The maximum Gasteiger partial charge on any atom is 0.119 e. The van der Waals surface area contributed by atoms with Crippen molar-refractivity contribution in [3.63, 3.8) is 0 Å². The van der Waals surface area contributed by atoms with Gasteiger partial charge in [0.15, 0.2) is 0 Å². The molecule has 0 saturated carbocycles. The minimum absolute atomic E-state index is 0.0177. The molecule has 17 heavy (non-hydrogen) atoms. The third-order valence-electron chi connectivity index (χ3n) is 3.94. The van der Waals surface area contributed by atoms with Gasteiger partial charge < -0.3 is 4.74 Å². The van der Waals surface area contributed by atoms with E-state index >= 15 is 0 Å². The topological polar surface area (TPSA) is 9.23 Å². The lowest BCUT2D eigenvalue weighted by molar-refractivity contribution is 0.411. The maximum atomic E-state index is 5.33. The highest BCUT2D eigenvalue weighted by molar-refractivity contribution is 5.48. The van der Waals surface area contributed by atoms with E-state index in [4.69, 9.17) is 4.74 Å². The maximum absolute atomic E-state index is 5.33. The first-order chi connectivity index (χ1) is 8.11. The third-order valence-corrected chi connectivity index (χ3v) is 3.94. The average Bonchev–Trinajstić information content (AvgIpc) is 2.34. The molecular weight excluding hydrogens is 208 g/mol. The first-order valence-corrected chi connectivity index (χ1v) is 6.08. The molecule has 1 nitrogen and oxygen atoms in total. The molecule has 0 fully saturated rings. The van der Waals surface area contributed by atoms with Crippen molar-refractivity contribution in [1.29, 1.82) is 0 Å². The molecule has 0 amide bonds. The van der Waals surface area contributed by atoms with Crippen LogP contribution in [0.3, 0.4) is 0 Å². The first-order valence-electron chi connectivity index (χ1n) is 6.08. The molecule has 0 saturated heterocycles. The number of hydrogen-bond acceptors (Lipinski definition) is 1.